The van der Waals surface area contributed by atoms with Crippen LogP contribution < -0.4 is 0 Å². The van der Waals surface area contributed by atoms with Crippen LogP contribution in [0.4, 0.5) is 0 Å². The predicted octanol–water partition coefficient (Wildman–Crippen LogP) is 3.57. The maximum Gasteiger partial charge on any atom is 0.338 e. The van der Waals surface area contributed by atoms with Crippen LogP contribution in [-0.4, -0.2) is 41.9 Å². The fourth-order valence-corrected chi connectivity index (χ4v) is 3.46. The van der Waals surface area contributed by atoms with E-state index in [0.29, 0.717) is 12.2 Å². The average Bonchev–Trinajstić information content (AvgIpc) is 2.93. The van der Waals surface area contributed by atoms with Crippen molar-refractivity contribution in [1.82, 2.24) is 4.90 Å². The number of carbonyl (C=O) groups excluding carboxylic acids is 2. The molecule has 0 saturated carbocycles. The molecule has 0 radical (unpaired) electrons. The van der Waals surface area contributed by atoms with E-state index >= 15 is 0 Å². The van der Waals surface area contributed by atoms with Crippen LogP contribution in [0, 0.1) is 12.8 Å². The molecule has 1 aliphatic rings. The molecule has 0 spiro atoms. The number of hydrogen-bond acceptors (Lipinski definition) is 4. The van der Waals surface area contributed by atoms with E-state index in [2.05, 4.69) is 25.7 Å². The van der Waals surface area contributed by atoms with Gasteiger partial charge < -0.3 is 4.74 Å². The van der Waals surface area contributed by atoms with Gasteiger partial charge >= 0.3 is 5.97 Å². The lowest BCUT2D eigenvalue weighted by molar-refractivity contribution is -0.120. The highest BCUT2D eigenvalue weighted by Gasteiger charge is 2.41. The summed E-state index contributed by atoms with van der Waals surface area (Å²) in [5.74, 6) is 0.00737. The molecule has 0 aliphatic carbocycles. The molecule has 1 fully saturated rings. The van der Waals surface area contributed by atoms with E-state index in [1.807, 2.05) is 19.1 Å². The first-order valence-electron chi connectivity index (χ1n) is 8.68. The van der Waals surface area contributed by atoms with Crippen molar-refractivity contribution >= 4 is 11.8 Å². The quantitative estimate of drug-likeness (QED) is 0.791. The maximum atomic E-state index is 12.2. The van der Waals surface area contributed by atoms with Gasteiger partial charge in [0.2, 0.25) is 0 Å². The van der Waals surface area contributed by atoms with Crippen molar-refractivity contribution in [3.8, 4) is 0 Å². The Labute approximate surface area is 145 Å². The van der Waals surface area contributed by atoms with E-state index in [-0.39, 0.29) is 29.1 Å². The number of ketones is 1. The Morgan fingerprint density at radius 3 is 2.46 bits per heavy atom. The molecule has 1 aromatic rings. The van der Waals surface area contributed by atoms with Crippen LogP contribution in [0.3, 0.4) is 0 Å². The van der Waals surface area contributed by atoms with E-state index in [9.17, 15) is 9.59 Å². The minimum absolute atomic E-state index is 0.0229. The van der Waals surface area contributed by atoms with Gasteiger partial charge in [0, 0.05) is 30.5 Å². The van der Waals surface area contributed by atoms with E-state index in [1.165, 1.54) is 0 Å². The highest BCUT2D eigenvalue weighted by Crippen LogP contribution is 2.38. The van der Waals surface area contributed by atoms with Crippen molar-refractivity contribution in [3.63, 3.8) is 0 Å². The van der Waals surface area contributed by atoms with Gasteiger partial charge in [0.05, 0.1) is 12.2 Å². The molecule has 4 heteroatoms. The number of nitrogens with zero attached hydrogens (tertiary/aromatic N) is 1. The Kier molecular flexibility index (Phi) is 5.49. The second-order valence-corrected chi connectivity index (χ2v) is 7.69. The number of benzene rings is 1. The van der Waals surface area contributed by atoms with E-state index in [1.54, 1.807) is 19.9 Å². The Balaban J connectivity index is 2.39. The first-order chi connectivity index (χ1) is 11.1. The summed E-state index contributed by atoms with van der Waals surface area (Å²) in [4.78, 5) is 26.6. The number of carbonyl (C=O) groups is 2. The van der Waals surface area contributed by atoms with Crippen molar-refractivity contribution in [2.24, 2.45) is 5.92 Å². The standard InChI is InChI=1S/C20H29NO3/c1-7-24-19(23)15-9-8-13(2)16(10-15)18-12-21(20(4,5)6)11-17(18)14(3)22/h8-10,17-18H,7,11-12H2,1-6H3/t17-,18-/m0/s1. The van der Waals surface area contributed by atoms with E-state index in [4.69, 9.17) is 4.74 Å². The van der Waals surface area contributed by atoms with E-state index < -0.39 is 0 Å². The summed E-state index contributed by atoms with van der Waals surface area (Å²) in [6.45, 7) is 14.0. The summed E-state index contributed by atoms with van der Waals surface area (Å²) in [5.41, 5.74) is 2.80. The molecule has 2 atom stereocenters. The number of Topliss-reactive ketones (excluding diaryl/α,β-unsaturated/α-hetero) is 1. The van der Waals surface area contributed by atoms with Gasteiger partial charge in [-0.2, -0.15) is 0 Å². The molecule has 2 rings (SSSR count). The monoisotopic (exact) mass is 331 g/mol. The van der Waals surface area contributed by atoms with Gasteiger partial charge in [0.25, 0.3) is 0 Å². The zero-order valence-corrected chi connectivity index (χ0v) is 15.7. The fourth-order valence-electron chi connectivity index (χ4n) is 3.46. The van der Waals surface area contributed by atoms with Crippen LogP contribution in [0.5, 0.6) is 0 Å². The molecular weight excluding hydrogens is 302 g/mol. The number of esters is 1. The van der Waals surface area contributed by atoms with Gasteiger partial charge in [-0.3, -0.25) is 9.69 Å². The lowest BCUT2D eigenvalue weighted by Crippen LogP contribution is -2.40. The van der Waals surface area contributed by atoms with Crippen LogP contribution in [0.15, 0.2) is 18.2 Å². The number of rotatable bonds is 4. The normalized spacial score (nSPS) is 21.8. The Hall–Kier alpha value is -1.68. The molecule has 0 N–H and O–H groups in total. The average molecular weight is 331 g/mol. The summed E-state index contributed by atoms with van der Waals surface area (Å²) in [5, 5.41) is 0. The SMILES string of the molecule is CCOC(=O)c1ccc(C)c([C@@H]2CN(C(C)(C)C)C[C@H]2C(C)=O)c1. The molecule has 4 nitrogen and oxygen atoms in total. The molecule has 1 heterocycles. The third-order valence-corrected chi connectivity index (χ3v) is 4.98. The van der Waals surface area contributed by atoms with Gasteiger partial charge in [-0.25, -0.2) is 4.79 Å². The molecule has 0 bridgehead atoms. The van der Waals surface area contributed by atoms with Crippen LogP contribution >= 0.6 is 0 Å². The van der Waals surface area contributed by atoms with Crippen LogP contribution in [0.1, 0.15) is 62.0 Å². The molecule has 0 aromatic heterocycles. The largest absolute Gasteiger partial charge is 0.462 e. The second kappa shape index (κ2) is 7.06. The molecule has 1 saturated heterocycles. The van der Waals surface area contributed by atoms with Crippen LogP contribution in [0.2, 0.25) is 0 Å². The van der Waals surface area contributed by atoms with Crippen molar-refractivity contribution in [3.05, 3.63) is 34.9 Å². The van der Waals surface area contributed by atoms with Gasteiger partial charge in [-0.05, 0) is 64.8 Å². The van der Waals surface area contributed by atoms with Crippen LogP contribution in [0.25, 0.3) is 0 Å². The Morgan fingerprint density at radius 1 is 1.25 bits per heavy atom. The molecule has 0 amide bonds. The van der Waals surface area contributed by atoms with Crippen molar-refractivity contribution in [1.29, 1.82) is 0 Å². The Bertz CT molecular complexity index is 630. The minimum Gasteiger partial charge on any atom is -0.462 e. The molecular formula is C20H29NO3. The van der Waals surface area contributed by atoms with Crippen molar-refractivity contribution in [2.45, 2.75) is 53.0 Å². The summed E-state index contributed by atoms with van der Waals surface area (Å²) >= 11 is 0. The number of likely N-dealkylation sites (tertiary alicyclic amines) is 1. The third-order valence-electron chi connectivity index (χ3n) is 4.98. The smallest absolute Gasteiger partial charge is 0.338 e. The number of hydrogen-bond donors (Lipinski definition) is 0. The summed E-state index contributed by atoms with van der Waals surface area (Å²) in [6, 6.07) is 5.68. The first kappa shape index (κ1) is 18.7. The van der Waals surface area contributed by atoms with Gasteiger partial charge in [0.1, 0.15) is 5.78 Å². The molecule has 0 unspecified atom stereocenters. The molecule has 24 heavy (non-hydrogen) atoms. The molecule has 1 aliphatic heterocycles. The van der Waals surface area contributed by atoms with Crippen LogP contribution in [-0.2, 0) is 9.53 Å². The predicted molar refractivity (Wildman–Crippen MR) is 95.4 cm³/mol. The zero-order valence-electron chi connectivity index (χ0n) is 15.7. The second-order valence-electron chi connectivity index (χ2n) is 7.69. The van der Waals surface area contributed by atoms with Crippen molar-refractivity contribution in [2.75, 3.05) is 19.7 Å². The van der Waals surface area contributed by atoms with Gasteiger partial charge in [-0.15, -0.1) is 0 Å². The van der Waals surface area contributed by atoms with Crippen molar-refractivity contribution < 1.29 is 14.3 Å². The topological polar surface area (TPSA) is 46.6 Å². The summed E-state index contributed by atoms with van der Waals surface area (Å²) in [6.07, 6.45) is 0. The summed E-state index contributed by atoms with van der Waals surface area (Å²) in [7, 11) is 0. The highest BCUT2D eigenvalue weighted by atomic mass is 16.5. The van der Waals surface area contributed by atoms with E-state index in [0.717, 1.165) is 24.2 Å². The minimum atomic E-state index is -0.302. The molecule has 1 aromatic carbocycles. The zero-order chi connectivity index (χ0) is 18.1. The fraction of sp³-hybridized carbons (Fsp3) is 0.600. The number of aryl methyl sites for hydroxylation is 1. The van der Waals surface area contributed by atoms with Gasteiger partial charge in [-0.1, -0.05) is 6.07 Å². The number of ether oxygens (including phenoxy) is 1. The lowest BCUT2D eigenvalue weighted by atomic mass is 9.84. The highest BCUT2D eigenvalue weighted by molar-refractivity contribution is 5.90. The summed E-state index contributed by atoms with van der Waals surface area (Å²) < 4.78 is 5.12. The first-order valence-corrected chi connectivity index (χ1v) is 8.68. The third kappa shape index (κ3) is 3.86. The molecule has 132 valence electrons. The lowest BCUT2D eigenvalue weighted by Gasteiger charge is -2.31. The van der Waals surface area contributed by atoms with Gasteiger partial charge in [0.15, 0.2) is 0 Å². The Morgan fingerprint density at radius 2 is 1.92 bits per heavy atom. The maximum absolute atomic E-state index is 12.2.